The highest BCUT2D eigenvalue weighted by Crippen LogP contribution is 2.33. The van der Waals surface area contributed by atoms with Gasteiger partial charge in [-0.2, -0.15) is 13.2 Å². The predicted molar refractivity (Wildman–Crippen MR) is 112 cm³/mol. The molecule has 0 radical (unpaired) electrons. The van der Waals surface area contributed by atoms with Crippen molar-refractivity contribution >= 4 is 28.2 Å². The molecule has 5 nitrogen and oxygen atoms in total. The number of rotatable bonds is 4. The molecule has 2 N–H and O–H groups in total. The van der Waals surface area contributed by atoms with E-state index in [1.165, 1.54) is 0 Å². The van der Waals surface area contributed by atoms with Gasteiger partial charge in [0.25, 0.3) is 0 Å². The number of alkyl halides is 3. The zero-order valence-corrected chi connectivity index (χ0v) is 16.3. The van der Waals surface area contributed by atoms with Gasteiger partial charge in [-0.1, -0.05) is 24.3 Å². The van der Waals surface area contributed by atoms with E-state index in [-0.39, 0.29) is 5.69 Å². The Morgan fingerprint density at radius 3 is 2.31 bits per heavy atom. The SMILES string of the molecule is O=C(Nc1ccc(Oc2cncc3ccccc23)cc1)Nc1ccc(F)c(C(F)(F)F)c1. The molecule has 2 amide bonds. The van der Waals surface area contributed by atoms with Crippen LogP contribution in [0.15, 0.2) is 79.1 Å². The van der Waals surface area contributed by atoms with E-state index >= 15 is 0 Å². The standard InChI is InChI=1S/C23H15F4N3O2/c24-20-10-7-16(11-19(20)23(25,26)27)30-22(31)29-15-5-8-17(9-6-15)32-21-13-28-12-14-3-1-2-4-18(14)21/h1-13H,(H2,29,30,31). The second-order valence-corrected chi connectivity index (χ2v) is 6.76. The van der Waals surface area contributed by atoms with E-state index in [1.54, 1.807) is 36.7 Å². The molecule has 9 heteroatoms. The number of halogens is 4. The number of hydrogen-bond donors (Lipinski definition) is 2. The minimum Gasteiger partial charge on any atom is -0.455 e. The van der Waals surface area contributed by atoms with Crippen molar-refractivity contribution in [3.8, 4) is 11.5 Å². The van der Waals surface area contributed by atoms with Crippen LogP contribution in [0.5, 0.6) is 11.5 Å². The largest absolute Gasteiger partial charge is 0.455 e. The van der Waals surface area contributed by atoms with Crippen LogP contribution in [0.2, 0.25) is 0 Å². The molecule has 162 valence electrons. The maximum atomic E-state index is 13.4. The zero-order valence-electron chi connectivity index (χ0n) is 16.3. The number of carbonyl (C=O) groups excluding carboxylic acids is 1. The van der Waals surface area contributed by atoms with Crippen molar-refractivity contribution in [1.29, 1.82) is 0 Å². The summed E-state index contributed by atoms with van der Waals surface area (Å²) in [7, 11) is 0. The third kappa shape index (κ3) is 4.77. The summed E-state index contributed by atoms with van der Waals surface area (Å²) in [6.07, 6.45) is -1.54. The fourth-order valence-corrected chi connectivity index (χ4v) is 3.02. The quantitative estimate of drug-likeness (QED) is 0.341. The maximum absolute atomic E-state index is 13.4. The third-order valence-electron chi connectivity index (χ3n) is 4.50. The molecule has 0 unspecified atom stereocenters. The van der Waals surface area contributed by atoms with Crippen molar-refractivity contribution in [2.45, 2.75) is 6.18 Å². The van der Waals surface area contributed by atoms with E-state index in [9.17, 15) is 22.4 Å². The van der Waals surface area contributed by atoms with Crippen molar-refractivity contribution in [2.24, 2.45) is 0 Å². The summed E-state index contributed by atoms with van der Waals surface area (Å²) in [6, 6.07) is 15.4. The van der Waals surface area contributed by atoms with Crippen LogP contribution >= 0.6 is 0 Å². The predicted octanol–water partition coefficient (Wildman–Crippen LogP) is 6.83. The minimum atomic E-state index is -4.87. The summed E-state index contributed by atoms with van der Waals surface area (Å²) < 4.78 is 57.7. The van der Waals surface area contributed by atoms with Crippen LogP contribution in [0, 0.1) is 5.82 Å². The molecule has 0 bridgehead atoms. The Labute approximate surface area is 179 Å². The summed E-state index contributed by atoms with van der Waals surface area (Å²) in [5.41, 5.74) is -1.27. The number of urea groups is 1. The molecule has 32 heavy (non-hydrogen) atoms. The van der Waals surface area contributed by atoms with Crippen LogP contribution < -0.4 is 15.4 Å². The number of nitrogens with one attached hydrogen (secondary N) is 2. The number of ether oxygens (including phenoxy) is 1. The first kappa shape index (κ1) is 21.1. The molecule has 0 saturated heterocycles. The molecular weight excluding hydrogens is 426 g/mol. The molecule has 4 aromatic rings. The Morgan fingerprint density at radius 2 is 1.56 bits per heavy atom. The average Bonchev–Trinajstić information content (AvgIpc) is 2.76. The lowest BCUT2D eigenvalue weighted by Crippen LogP contribution is -2.20. The second kappa shape index (κ2) is 8.54. The maximum Gasteiger partial charge on any atom is 0.419 e. The van der Waals surface area contributed by atoms with Gasteiger partial charge in [-0.15, -0.1) is 0 Å². The van der Waals surface area contributed by atoms with E-state index in [1.807, 2.05) is 24.3 Å². The van der Waals surface area contributed by atoms with Gasteiger partial charge in [0.2, 0.25) is 0 Å². The lowest BCUT2D eigenvalue weighted by atomic mass is 10.2. The molecular formula is C23H15F4N3O2. The van der Waals surface area contributed by atoms with Crippen LogP contribution in [0.1, 0.15) is 5.56 Å². The van der Waals surface area contributed by atoms with E-state index in [0.717, 1.165) is 16.8 Å². The minimum absolute atomic E-state index is 0.195. The van der Waals surface area contributed by atoms with Gasteiger partial charge in [0.05, 0.1) is 11.8 Å². The molecule has 1 heterocycles. The van der Waals surface area contributed by atoms with Gasteiger partial charge in [-0.25, -0.2) is 9.18 Å². The Kier molecular flexibility index (Phi) is 5.63. The number of fused-ring (bicyclic) bond motifs is 1. The van der Waals surface area contributed by atoms with Gasteiger partial charge >= 0.3 is 12.2 Å². The summed E-state index contributed by atoms with van der Waals surface area (Å²) in [5, 5.41) is 6.56. The monoisotopic (exact) mass is 441 g/mol. The van der Waals surface area contributed by atoms with Crippen molar-refractivity contribution in [1.82, 2.24) is 4.98 Å². The van der Waals surface area contributed by atoms with E-state index in [4.69, 9.17) is 4.74 Å². The second-order valence-electron chi connectivity index (χ2n) is 6.76. The molecule has 0 fully saturated rings. The fourth-order valence-electron chi connectivity index (χ4n) is 3.02. The zero-order chi connectivity index (χ0) is 22.7. The summed E-state index contributed by atoms with van der Waals surface area (Å²) in [6.45, 7) is 0. The normalized spacial score (nSPS) is 11.2. The number of nitrogens with zero attached hydrogens (tertiary/aromatic N) is 1. The van der Waals surface area contributed by atoms with Crippen LogP contribution in [-0.4, -0.2) is 11.0 Å². The Balaban J connectivity index is 1.42. The highest BCUT2D eigenvalue weighted by atomic mass is 19.4. The number of anilines is 2. The van der Waals surface area contributed by atoms with Crippen molar-refractivity contribution in [2.75, 3.05) is 10.6 Å². The van der Waals surface area contributed by atoms with E-state index < -0.39 is 23.6 Å². The van der Waals surface area contributed by atoms with E-state index in [2.05, 4.69) is 15.6 Å². The van der Waals surface area contributed by atoms with Gasteiger partial charge < -0.3 is 15.4 Å². The van der Waals surface area contributed by atoms with Gasteiger partial charge in [0.1, 0.15) is 11.6 Å². The number of aromatic nitrogens is 1. The Hall–Kier alpha value is -4.14. The third-order valence-corrected chi connectivity index (χ3v) is 4.50. The highest BCUT2D eigenvalue weighted by molar-refractivity contribution is 5.99. The molecule has 3 aromatic carbocycles. The first-order valence-corrected chi connectivity index (χ1v) is 9.35. The molecule has 0 saturated carbocycles. The molecule has 0 aliphatic rings. The number of pyridine rings is 1. The van der Waals surface area contributed by atoms with Gasteiger partial charge in [-0.05, 0) is 42.5 Å². The molecule has 0 aliphatic carbocycles. The van der Waals surface area contributed by atoms with Crippen LogP contribution in [-0.2, 0) is 6.18 Å². The molecule has 0 aliphatic heterocycles. The molecule has 1 aromatic heterocycles. The van der Waals surface area contributed by atoms with Crippen molar-refractivity contribution in [3.05, 3.63) is 90.5 Å². The summed E-state index contributed by atoms with van der Waals surface area (Å²) in [5.74, 6) is -0.346. The van der Waals surface area contributed by atoms with Gasteiger partial charge in [0, 0.05) is 28.3 Å². The van der Waals surface area contributed by atoms with Crippen molar-refractivity contribution < 1.29 is 27.1 Å². The number of hydrogen-bond acceptors (Lipinski definition) is 3. The van der Waals surface area contributed by atoms with Gasteiger partial charge in [-0.3, -0.25) is 4.98 Å². The first-order chi connectivity index (χ1) is 15.3. The number of carbonyl (C=O) groups is 1. The number of benzene rings is 3. The lowest BCUT2D eigenvalue weighted by molar-refractivity contribution is -0.139. The summed E-state index contributed by atoms with van der Waals surface area (Å²) >= 11 is 0. The fraction of sp³-hybridized carbons (Fsp3) is 0.0435. The highest BCUT2D eigenvalue weighted by Gasteiger charge is 2.34. The Morgan fingerprint density at radius 1 is 0.875 bits per heavy atom. The summed E-state index contributed by atoms with van der Waals surface area (Å²) in [4.78, 5) is 16.3. The van der Waals surface area contributed by atoms with Crippen LogP contribution in [0.4, 0.5) is 33.7 Å². The topological polar surface area (TPSA) is 63.2 Å². The lowest BCUT2D eigenvalue weighted by Gasteiger charge is -2.12. The van der Waals surface area contributed by atoms with Gasteiger partial charge in [0.15, 0.2) is 5.75 Å². The van der Waals surface area contributed by atoms with Crippen molar-refractivity contribution in [3.63, 3.8) is 0 Å². The molecule has 0 spiro atoms. The number of amides is 2. The molecule has 0 atom stereocenters. The first-order valence-electron chi connectivity index (χ1n) is 9.35. The van der Waals surface area contributed by atoms with Crippen LogP contribution in [0.25, 0.3) is 10.8 Å². The molecule has 4 rings (SSSR count). The Bertz CT molecular complexity index is 1270. The van der Waals surface area contributed by atoms with Crippen LogP contribution in [0.3, 0.4) is 0 Å². The van der Waals surface area contributed by atoms with E-state index in [0.29, 0.717) is 29.3 Å². The smallest absolute Gasteiger partial charge is 0.419 e. The average molecular weight is 441 g/mol.